The Morgan fingerprint density at radius 2 is 1.79 bits per heavy atom. The van der Waals surface area contributed by atoms with Crippen molar-refractivity contribution in [3.63, 3.8) is 0 Å². The number of carbonyl (C=O) groups excluding carboxylic acids is 2. The van der Waals surface area contributed by atoms with Gasteiger partial charge >= 0.3 is 11.9 Å². The number of ether oxygens (including phenoxy) is 2. The minimum absolute atomic E-state index is 0.0419. The molecule has 0 saturated carbocycles. The Hall–Kier alpha value is -2.14. The summed E-state index contributed by atoms with van der Waals surface area (Å²) in [4.78, 5) is 23.1. The van der Waals surface area contributed by atoms with Gasteiger partial charge in [0.2, 0.25) is 0 Å². The van der Waals surface area contributed by atoms with E-state index in [1.165, 1.54) is 19.4 Å². The minimum atomic E-state index is -0.573. The third-order valence-corrected chi connectivity index (χ3v) is 5.21. The van der Waals surface area contributed by atoms with Crippen LogP contribution in [0.15, 0.2) is 47.1 Å². The van der Waals surface area contributed by atoms with Crippen molar-refractivity contribution in [1.29, 1.82) is 0 Å². The summed E-state index contributed by atoms with van der Waals surface area (Å²) in [7, 11) is 0. The van der Waals surface area contributed by atoms with Gasteiger partial charge in [0.05, 0.1) is 6.10 Å². The van der Waals surface area contributed by atoms with Gasteiger partial charge < -0.3 is 14.6 Å². The summed E-state index contributed by atoms with van der Waals surface area (Å²) in [6.07, 6.45) is 8.51. The lowest BCUT2D eigenvalue weighted by Gasteiger charge is -2.26. The molecule has 1 N–H and O–H groups in total. The van der Waals surface area contributed by atoms with Crippen LogP contribution in [0, 0.1) is 5.92 Å². The lowest BCUT2D eigenvalue weighted by Crippen LogP contribution is -2.26. The maximum atomic E-state index is 11.8. The van der Waals surface area contributed by atoms with Gasteiger partial charge in [-0.15, -0.1) is 0 Å². The number of aliphatic hydroxyl groups excluding tert-OH is 1. The van der Waals surface area contributed by atoms with E-state index < -0.39 is 12.2 Å². The maximum Gasteiger partial charge on any atom is 0.303 e. The van der Waals surface area contributed by atoms with Crippen molar-refractivity contribution in [3.8, 4) is 0 Å². The number of rotatable bonds is 4. The zero-order valence-electron chi connectivity index (χ0n) is 18.5. The summed E-state index contributed by atoms with van der Waals surface area (Å²) < 4.78 is 10.8. The van der Waals surface area contributed by atoms with Crippen LogP contribution in [-0.4, -0.2) is 35.9 Å². The smallest absolute Gasteiger partial charge is 0.303 e. The van der Waals surface area contributed by atoms with Crippen molar-refractivity contribution in [1.82, 2.24) is 0 Å². The predicted molar refractivity (Wildman–Crippen MR) is 115 cm³/mol. The van der Waals surface area contributed by atoms with Crippen LogP contribution in [-0.2, 0) is 19.1 Å². The third-order valence-electron chi connectivity index (χ3n) is 5.21. The Morgan fingerprint density at radius 3 is 2.38 bits per heavy atom. The standard InChI is InChI=1S/C24H36O5/c1-16(2)22-12-10-17(3)8-7-9-18(4)23(27)13-11-21(15-28-19(5)25)14-24(22)29-20(6)26/h8-9,14,22-24,27H,1,7,10-13,15H2,2-6H3/b17-8-,18-9?,21-14+/t22-,23+,24+/m1/s1. The molecule has 0 aromatic carbocycles. The summed E-state index contributed by atoms with van der Waals surface area (Å²) in [6.45, 7) is 12.9. The van der Waals surface area contributed by atoms with Crippen LogP contribution in [0.1, 0.15) is 66.7 Å². The van der Waals surface area contributed by atoms with E-state index in [1.54, 1.807) is 0 Å². The number of allylic oxidation sites excluding steroid dienone is 3. The monoisotopic (exact) mass is 404 g/mol. The Labute approximate surface area is 175 Å². The van der Waals surface area contributed by atoms with Gasteiger partial charge in [0.25, 0.3) is 0 Å². The van der Waals surface area contributed by atoms with Crippen LogP contribution in [0.4, 0.5) is 0 Å². The molecule has 29 heavy (non-hydrogen) atoms. The first-order valence-corrected chi connectivity index (χ1v) is 10.3. The summed E-state index contributed by atoms with van der Waals surface area (Å²) in [5.41, 5.74) is 3.94. The number of carbonyl (C=O) groups is 2. The second-order valence-corrected chi connectivity index (χ2v) is 7.96. The van der Waals surface area contributed by atoms with E-state index in [4.69, 9.17) is 9.47 Å². The second-order valence-electron chi connectivity index (χ2n) is 7.96. The van der Waals surface area contributed by atoms with E-state index in [-0.39, 0.29) is 24.5 Å². The molecule has 0 bridgehead atoms. The molecule has 5 nitrogen and oxygen atoms in total. The highest BCUT2D eigenvalue weighted by Gasteiger charge is 2.24. The van der Waals surface area contributed by atoms with Gasteiger partial charge in [-0.25, -0.2) is 0 Å². The van der Waals surface area contributed by atoms with E-state index in [1.807, 2.05) is 26.0 Å². The van der Waals surface area contributed by atoms with E-state index in [9.17, 15) is 14.7 Å². The highest BCUT2D eigenvalue weighted by atomic mass is 16.5. The van der Waals surface area contributed by atoms with Gasteiger partial charge in [0.1, 0.15) is 12.7 Å². The normalized spacial score (nSPS) is 27.9. The maximum absolute atomic E-state index is 11.8. The summed E-state index contributed by atoms with van der Waals surface area (Å²) in [6, 6.07) is 0. The van der Waals surface area contributed by atoms with Crippen molar-refractivity contribution >= 4 is 11.9 Å². The molecule has 0 aromatic rings. The summed E-state index contributed by atoms with van der Waals surface area (Å²) in [5.74, 6) is -0.778. The van der Waals surface area contributed by atoms with Crippen LogP contribution in [0.25, 0.3) is 0 Å². The quantitative estimate of drug-likeness (QED) is 0.537. The molecule has 0 unspecified atom stereocenters. The van der Waals surface area contributed by atoms with Gasteiger partial charge in [0.15, 0.2) is 0 Å². The van der Waals surface area contributed by atoms with Gasteiger partial charge in [-0.05, 0) is 70.1 Å². The first kappa shape index (κ1) is 24.9. The van der Waals surface area contributed by atoms with Crippen molar-refractivity contribution in [2.45, 2.75) is 78.9 Å². The Balaban J connectivity index is 3.30. The molecule has 3 atom stereocenters. The molecule has 0 spiro atoms. The lowest BCUT2D eigenvalue weighted by molar-refractivity contribution is -0.146. The van der Waals surface area contributed by atoms with E-state index in [0.717, 1.165) is 36.0 Å². The average molecular weight is 405 g/mol. The van der Waals surface area contributed by atoms with E-state index >= 15 is 0 Å². The molecule has 1 aliphatic carbocycles. The molecule has 0 heterocycles. The molecular formula is C24H36O5. The van der Waals surface area contributed by atoms with E-state index in [2.05, 4.69) is 19.6 Å². The molecule has 0 saturated heterocycles. The zero-order chi connectivity index (χ0) is 22.0. The van der Waals surface area contributed by atoms with Gasteiger partial charge in [-0.3, -0.25) is 9.59 Å². The molecule has 0 fully saturated rings. The molecule has 0 radical (unpaired) electrons. The van der Waals surface area contributed by atoms with Gasteiger partial charge in [-0.2, -0.15) is 0 Å². The van der Waals surface area contributed by atoms with Crippen LogP contribution < -0.4 is 0 Å². The number of hydrogen-bond donors (Lipinski definition) is 1. The van der Waals surface area contributed by atoms with Crippen LogP contribution >= 0.6 is 0 Å². The highest BCUT2D eigenvalue weighted by Crippen LogP contribution is 2.28. The SMILES string of the molecule is C=C(C)[C@H]1CC/C(C)=C\CC=C(C)[C@@H](O)CC/C(COC(C)=O)=C\[C@@H]1OC(C)=O. The first-order chi connectivity index (χ1) is 13.6. The van der Waals surface area contributed by atoms with Crippen molar-refractivity contribution in [2.24, 2.45) is 5.92 Å². The molecule has 0 amide bonds. The third kappa shape index (κ3) is 9.75. The molecular weight excluding hydrogens is 368 g/mol. The fourth-order valence-corrected chi connectivity index (χ4v) is 3.36. The predicted octanol–water partition coefficient (Wildman–Crippen LogP) is 4.82. The molecule has 162 valence electrons. The second kappa shape index (κ2) is 12.4. The number of esters is 2. The van der Waals surface area contributed by atoms with Crippen LogP contribution in [0.3, 0.4) is 0 Å². The highest BCUT2D eigenvalue weighted by molar-refractivity contribution is 5.66. The molecule has 0 aliphatic heterocycles. The molecule has 1 aliphatic rings. The summed E-state index contributed by atoms with van der Waals surface area (Å²) in [5, 5.41) is 10.5. The van der Waals surface area contributed by atoms with Crippen molar-refractivity contribution in [2.75, 3.05) is 6.61 Å². The fourth-order valence-electron chi connectivity index (χ4n) is 3.36. The topological polar surface area (TPSA) is 72.8 Å². The number of hydrogen-bond acceptors (Lipinski definition) is 5. The lowest BCUT2D eigenvalue weighted by atomic mass is 9.87. The molecule has 1 rings (SSSR count). The van der Waals surface area contributed by atoms with E-state index in [0.29, 0.717) is 12.8 Å². The zero-order valence-corrected chi connectivity index (χ0v) is 18.5. The van der Waals surface area contributed by atoms with Crippen molar-refractivity contribution < 1.29 is 24.2 Å². The van der Waals surface area contributed by atoms with Crippen LogP contribution in [0.5, 0.6) is 0 Å². The average Bonchev–Trinajstić information content (AvgIpc) is 2.61. The fraction of sp³-hybridized carbons (Fsp3) is 0.583. The van der Waals surface area contributed by atoms with Gasteiger partial charge in [0, 0.05) is 19.8 Å². The van der Waals surface area contributed by atoms with Crippen molar-refractivity contribution in [3.05, 3.63) is 47.1 Å². The first-order valence-electron chi connectivity index (χ1n) is 10.3. The Kier molecular flexibility index (Phi) is 10.7. The minimum Gasteiger partial charge on any atom is -0.461 e. The Bertz CT molecular complexity index is 683. The van der Waals surface area contributed by atoms with Gasteiger partial charge in [-0.1, -0.05) is 29.9 Å². The molecule has 5 heteroatoms. The van der Waals surface area contributed by atoms with Crippen LogP contribution in [0.2, 0.25) is 0 Å². The largest absolute Gasteiger partial charge is 0.461 e. The summed E-state index contributed by atoms with van der Waals surface area (Å²) >= 11 is 0. The Morgan fingerprint density at radius 1 is 1.10 bits per heavy atom. The molecule has 0 aromatic heterocycles. The number of aliphatic hydroxyl groups is 1.